The van der Waals surface area contributed by atoms with Gasteiger partial charge >= 0.3 is 5.97 Å². The van der Waals surface area contributed by atoms with Crippen molar-refractivity contribution in [3.63, 3.8) is 0 Å². The van der Waals surface area contributed by atoms with Crippen molar-refractivity contribution >= 4 is 21.9 Å². The van der Waals surface area contributed by atoms with Crippen LogP contribution in [0.5, 0.6) is 0 Å². The fourth-order valence-corrected chi connectivity index (χ4v) is 9.92. The minimum absolute atomic E-state index is 0.0423. The second-order valence-corrected chi connectivity index (χ2v) is 15.3. The Labute approximate surface area is 231 Å². The van der Waals surface area contributed by atoms with Gasteiger partial charge in [-0.25, -0.2) is 0 Å². The number of fused-ring (bicyclic) bond motifs is 5. The van der Waals surface area contributed by atoms with Crippen LogP contribution in [-0.4, -0.2) is 16.9 Å². The lowest BCUT2D eigenvalue weighted by molar-refractivity contribution is -0.150. The molecule has 0 heterocycles. The van der Waals surface area contributed by atoms with Gasteiger partial charge in [-0.3, -0.25) is 4.79 Å². The third-order valence-corrected chi connectivity index (χ3v) is 12.4. The highest BCUT2D eigenvalue weighted by molar-refractivity contribution is 9.10. The summed E-state index contributed by atoms with van der Waals surface area (Å²) < 4.78 is 6.03. The molecule has 0 saturated heterocycles. The van der Waals surface area contributed by atoms with Crippen molar-refractivity contribution in [2.45, 2.75) is 142 Å². The molecule has 0 amide bonds. The quantitative estimate of drug-likeness (QED) is 0.150. The molecule has 0 bridgehead atoms. The smallest absolute Gasteiger partial charge is 0.320 e. The van der Waals surface area contributed by atoms with Crippen molar-refractivity contribution in [2.24, 2.45) is 46.3 Å². The lowest BCUT2D eigenvalue weighted by atomic mass is 9.47. The number of carbonyl (C=O) groups excluding carboxylic acids is 1. The number of alkyl halides is 1. The summed E-state index contributed by atoms with van der Waals surface area (Å²) in [6, 6.07) is 0. The van der Waals surface area contributed by atoms with Crippen molar-refractivity contribution in [1.82, 2.24) is 0 Å². The maximum absolute atomic E-state index is 12.6. The molecule has 3 saturated carbocycles. The van der Waals surface area contributed by atoms with Gasteiger partial charge in [-0.1, -0.05) is 101 Å². The van der Waals surface area contributed by atoms with Crippen molar-refractivity contribution in [3.05, 3.63) is 11.6 Å². The van der Waals surface area contributed by atoms with Gasteiger partial charge in [0.1, 0.15) is 10.9 Å². The Morgan fingerprint density at radius 2 is 1.81 bits per heavy atom. The highest BCUT2D eigenvalue weighted by Crippen LogP contribution is 2.67. The van der Waals surface area contributed by atoms with Crippen LogP contribution >= 0.6 is 15.9 Å². The predicted octanol–water partition coefficient (Wildman–Crippen LogP) is 9.89. The Hall–Kier alpha value is -0.310. The van der Waals surface area contributed by atoms with Crippen LogP contribution in [0.3, 0.4) is 0 Å². The number of hydrogen-bond acceptors (Lipinski definition) is 2. The van der Waals surface area contributed by atoms with Crippen LogP contribution in [0.15, 0.2) is 11.6 Å². The molecule has 0 spiro atoms. The lowest BCUT2D eigenvalue weighted by Gasteiger charge is -2.58. The Morgan fingerprint density at radius 1 is 1.03 bits per heavy atom. The van der Waals surface area contributed by atoms with Crippen LogP contribution in [0.25, 0.3) is 0 Å². The van der Waals surface area contributed by atoms with E-state index < -0.39 is 0 Å². The van der Waals surface area contributed by atoms with Gasteiger partial charge in [0.2, 0.25) is 0 Å². The van der Waals surface area contributed by atoms with Gasteiger partial charge in [0.15, 0.2) is 0 Å². The van der Waals surface area contributed by atoms with Gasteiger partial charge in [-0.05, 0) is 97.7 Å². The van der Waals surface area contributed by atoms with Gasteiger partial charge < -0.3 is 4.74 Å². The molecular formula is C33H55BrO2. The van der Waals surface area contributed by atoms with E-state index in [0.29, 0.717) is 10.8 Å². The maximum atomic E-state index is 12.6. The molecule has 4 rings (SSSR count). The van der Waals surface area contributed by atoms with Gasteiger partial charge in [-0.15, -0.1) is 0 Å². The van der Waals surface area contributed by atoms with Crippen LogP contribution in [0.4, 0.5) is 0 Å². The highest BCUT2D eigenvalue weighted by atomic mass is 79.9. The van der Waals surface area contributed by atoms with Crippen LogP contribution in [0.1, 0.15) is 131 Å². The summed E-state index contributed by atoms with van der Waals surface area (Å²) in [5, 5.41) is 0. The average Bonchev–Trinajstić information content (AvgIpc) is 3.19. The lowest BCUT2D eigenvalue weighted by Crippen LogP contribution is -2.51. The zero-order valence-corrected chi connectivity index (χ0v) is 25.9. The summed E-state index contributed by atoms with van der Waals surface area (Å²) in [5.74, 6) is 5.20. The van der Waals surface area contributed by atoms with Crippen LogP contribution in [0.2, 0.25) is 0 Å². The average molecular weight is 564 g/mol. The molecular weight excluding hydrogens is 508 g/mol. The standard InChI is InChI=1S/C33H55BrO2/c1-7-8-12-30(34)31(35)36-25-17-19-32(5)24(21-25)13-14-26-28-16-15-27(23(4)11-9-10-22(2)3)33(28,6)20-18-29(26)32/h13,22-23,25-30H,7-12,14-21H2,1-6H3/t23-,25+,26-,27+,28-,29-,30+,32-,33+/m0/s1. The van der Waals surface area contributed by atoms with Crippen molar-refractivity contribution in [2.75, 3.05) is 0 Å². The Kier molecular flexibility index (Phi) is 9.43. The molecule has 4 aliphatic rings. The molecule has 2 nitrogen and oxygen atoms in total. The molecule has 3 fully saturated rings. The first kappa shape index (κ1) is 28.7. The zero-order chi connectivity index (χ0) is 26.1. The monoisotopic (exact) mass is 562 g/mol. The van der Waals surface area contributed by atoms with Gasteiger partial charge in [0, 0.05) is 6.42 Å². The number of hydrogen-bond donors (Lipinski definition) is 0. The number of halogens is 1. The van der Waals surface area contributed by atoms with E-state index in [1.54, 1.807) is 5.57 Å². The molecule has 36 heavy (non-hydrogen) atoms. The molecule has 0 N–H and O–H groups in total. The Balaban J connectivity index is 1.40. The number of allylic oxidation sites excluding steroid dienone is 1. The first-order valence-corrected chi connectivity index (χ1v) is 16.6. The number of rotatable bonds is 10. The Bertz CT molecular complexity index is 789. The van der Waals surface area contributed by atoms with E-state index in [-0.39, 0.29) is 16.9 Å². The van der Waals surface area contributed by atoms with E-state index in [1.807, 2.05) is 0 Å². The minimum atomic E-state index is -0.144. The minimum Gasteiger partial charge on any atom is -0.461 e. The van der Waals surface area contributed by atoms with Crippen molar-refractivity contribution in [3.8, 4) is 0 Å². The molecule has 206 valence electrons. The first-order chi connectivity index (χ1) is 17.1. The summed E-state index contributed by atoms with van der Waals surface area (Å²) in [7, 11) is 0. The molecule has 0 aromatic heterocycles. The fourth-order valence-electron chi connectivity index (χ4n) is 9.49. The van der Waals surface area contributed by atoms with E-state index in [1.165, 1.54) is 57.8 Å². The molecule has 0 aliphatic heterocycles. The van der Waals surface area contributed by atoms with Crippen LogP contribution < -0.4 is 0 Å². The van der Waals surface area contributed by atoms with Crippen LogP contribution in [0, 0.1) is 46.3 Å². The summed E-state index contributed by atoms with van der Waals surface area (Å²) in [5.41, 5.74) is 2.49. The maximum Gasteiger partial charge on any atom is 0.320 e. The van der Waals surface area contributed by atoms with Gasteiger partial charge in [0.25, 0.3) is 0 Å². The van der Waals surface area contributed by atoms with Crippen LogP contribution in [-0.2, 0) is 9.53 Å². The normalized spacial score (nSPS) is 39.6. The predicted molar refractivity (Wildman–Crippen MR) is 155 cm³/mol. The Morgan fingerprint density at radius 3 is 2.53 bits per heavy atom. The fraction of sp³-hybridized carbons (Fsp3) is 0.909. The molecule has 0 unspecified atom stereocenters. The third kappa shape index (κ3) is 5.67. The first-order valence-electron chi connectivity index (χ1n) is 15.6. The highest BCUT2D eigenvalue weighted by Gasteiger charge is 2.59. The zero-order valence-electron chi connectivity index (χ0n) is 24.3. The van der Waals surface area contributed by atoms with E-state index >= 15 is 0 Å². The summed E-state index contributed by atoms with van der Waals surface area (Å²) in [6.07, 6.45) is 20.2. The van der Waals surface area contributed by atoms with E-state index in [2.05, 4.69) is 63.5 Å². The van der Waals surface area contributed by atoms with E-state index in [0.717, 1.165) is 67.6 Å². The molecule has 9 atom stereocenters. The molecule has 4 aliphatic carbocycles. The molecule has 0 aromatic rings. The van der Waals surface area contributed by atoms with Crippen molar-refractivity contribution in [1.29, 1.82) is 0 Å². The third-order valence-electron chi connectivity index (χ3n) is 11.6. The SMILES string of the molecule is CCCC[C@@H](Br)C(=O)O[C@@H]1CC[C@@]2(C)C(=CC[C@H]3[C@@H]4CC[C@H]([C@@H](C)CCCC(C)C)[C@@]4(C)CC[C@@H]32)C1. The summed E-state index contributed by atoms with van der Waals surface area (Å²) in [4.78, 5) is 12.5. The number of esters is 1. The van der Waals surface area contributed by atoms with Gasteiger partial charge in [-0.2, -0.15) is 0 Å². The van der Waals surface area contributed by atoms with Crippen molar-refractivity contribution < 1.29 is 9.53 Å². The second-order valence-electron chi connectivity index (χ2n) is 14.2. The van der Waals surface area contributed by atoms with E-state index in [9.17, 15) is 4.79 Å². The molecule has 0 radical (unpaired) electrons. The second kappa shape index (κ2) is 11.8. The largest absolute Gasteiger partial charge is 0.461 e. The topological polar surface area (TPSA) is 26.3 Å². The number of carbonyl (C=O) groups is 1. The van der Waals surface area contributed by atoms with E-state index in [4.69, 9.17) is 4.74 Å². The molecule has 0 aromatic carbocycles. The number of ether oxygens (including phenoxy) is 1. The summed E-state index contributed by atoms with van der Waals surface area (Å²) >= 11 is 3.57. The molecule has 3 heteroatoms. The number of unbranched alkanes of at least 4 members (excludes halogenated alkanes) is 1. The van der Waals surface area contributed by atoms with Gasteiger partial charge in [0.05, 0.1) is 0 Å². The summed E-state index contributed by atoms with van der Waals surface area (Å²) in [6.45, 7) is 14.8.